The zero-order valence-electron chi connectivity index (χ0n) is 16.0. The Balaban J connectivity index is 1.59. The molecule has 0 heterocycles. The molecule has 30 heavy (non-hydrogen) atoms. The minimum Gasteiger partial charge on any atom is -0.393 e. The molecule has 0 bridgehead atoms. The van der Waals surface area contributed by atoms with Gasteiger partial charge in [-0.3, -0.25) is 0 Å². The van der Waals surface area contributed by atoms with Gasteiger partial charge in [-0.15, -0.1) is 0 Å². The van der Waals surface area contributed by atoms with Crippen molar-refractivity contribution in [1.29, 1.82) is 0 Å². The summed E-state index contributed by atoms with van der Waals surface area (Å²) in [4.78, 5) is 5.49. The zero-order valence-corrected chi connectivity index (χ0v) is 16.9. The van der Waals surface area contributed by atoms with E-state index in [1.165, 1.54) is 0 Å². The van der Waals surface area contributed by atoms with Crippen molar-refractivity contribution in [3.05, 3.63) is 115 Å². The van der Waals surface area contributed by atoms with E-state index in [-0.39, 0.29) is 0 Å². The van der Waals surface area contributed by atoms with Crippen LogP contribution in [0, 0.1) is 0 Å². The van der Waals surface area contributed by atoms with Gasteiger partial charge in [-0.1, -0.05) is 89.6 Å². The first kappa shape index (κ1) is 19.8. The summed E-state index contributed by atoms with van der Waals surface area (Å²) in [6.45, 7) is 0. The van der Waals surface area contributed by atoms with Gasteiger partial charge >= 0.3 is 7.82 Å². The fraction of sp³-hybridized carbons (Fsp3) is 0. The van der Waals surface area contributed by atoms with Crippen molar-refractivity contribution in [3.63, 3.8) is 0 Å². The van der Waals surface area contributed by atoms with Crippen LogP contribution >= 0.6 is 7.82 Å². The van der Waals surface area contributed by atoms with Crippen LogP contribution in [0.3, 0.4) is 0 Å². The van der Waals surface area contributed by atoms with Crippen LogP contribution in [0.2, 0.25) is 0 Å². The molecule has 4 aromatic rings. The van der Waals surface area contributed by atoms with Crippen molar-refractivity contribution >= 4 is 7.82 Å². The molecular weight excluding hydrogens is 399 g/mol. The predicted molar refractivity (Wildman–Crippen MR) is 115 cm³/mol. The summed E-state index contributed by atoms with van der Waals surface area (Å²) in [5.41, 5.74) is 1.71. The van der Waals surface area contributed by atoms with E-state index in [2.05, 4.69) is 0 Å². The lowest BCUT2D eigenvalue weighted by atomic mass is 10.1. The molecule has 0 fully saturated rings. The summed E-state index contributed by atoms with van der Waals surface area (Å²) in [5, 5.41) is 0. The largest absolute Gasteiger partial charge is 0.625 e. The van der Waals surface area contributed by atoms with Crippen molar-refractivity contribution in [3.8, 4) is 28.4 Å². The summed E-state index contributed by atoms with van der Waals surface area (Å²) >= 11 is 0. The predicted octanol–water partition coefficient (Wildman–Crippen LogP) is 6.93. The van der Waals surface area contributed by atoms with Gasteiger partial charge in [0.05, 0.1) is 0 Å². The standard InChI is InChI=1S/C24H19O5P/c25-30(27-21-14-6-2-7-15-21,28-22-16-8-3-9-17-22)29-26-24-19-11-10-18-23(24)20-12-4-1-5-13-20/h1-19H. The lowest BCUT2D eigenvalue weighted by Gasteiger charge is -2.18. The molecule has 0 saturated carbocycles. The van der Waals surface area contributed by atoms with Gasteiger partial charge in [0.15, 0.2) is 5.75 Å². The highest BCUT2D eigenvalue weighted by Crippen LogP contribution is 2.50. The van der Waals surface area contributed by atoms with Crippen molar-refractivity contribution < 1.29 is 23.2 Å². The molecule has 6 heteroatoms. The van der Waals surface area contributed by atoms with Gasteiger partial charge in [0, 0.05) is 5.56 Å². The van der Waals surface area contributed by atoms with E-state index in [4.69, 9.17) is 18.6 Å². The number of phosphoric ester groups is 1. The highest BCUT2D eigenvalue weighted by molar-refractivity contribution is 7.49. The van der Waals surface area contributed by atoms with E-state index in [0.29, 0.717) is 17.2 Å². The van der Waals surface area contributed by atoms with Crippen LogP contribution in [0.1, 0.15) is 0 Å². The molecule has 5 nitrogen and oxygen atoms in total. The van der Waals surface area contributed by atoms with Gasteiger partial charge in [-0.2, -0.15) is 0 Å². The van der Waals surface area contributed by atoms with E-state index in [0.717, 1.165) is 11.1 Å². The average Bonchev–Trinajstić information content (AvgIpc) is 2.80. The van der Waals surface area contributed by atoms with Crippen LogP contribution in [0.4, 0.5) is 0 Å². The zero-order chi connectivity index (χ0) is 20.7. The van der Waals surface area contributed by atoms with Crippen LogP contribution in [-0.2, 0) is 9.24 Å². The number of rotatable bonds is 8. The van der Waals surface area contributed by atoms with E-state index in [1.54, 1.807) is 60.7 Å². The normalized spacial score (nSPS) is 10.9. The second-order valence-electron chi connectivity index (χ2n) is 6.28. The molecule has 0 aliphatic carbocycles. The molecule has 0 atom stereocenters. The first-order valence-electron chi connectivity index (χ1n) is 9.32. The summed E-state index contributed by atoms with van der Waals surface area (Å²) in [6, 6.07) is 34.3. The SMILES string of the molecule is O=P(OOc1ccccc1-c1ccccc1)(Oc1ccccc1)Oc1ccccc1. The van der Waals surface area contributed by atoms with Crippen molar-refractivity contribution in [2.24, 2.45) is 0 Å². The maximum atomic E-state index is 13.4. The molecule has 0 saturated heterocycles. The van der Waals surface area contributed by atoms with Gasteiger partial charge in [0.2, 0.25) is 0 Å². The Morgan fingerprint density at radius 2 is 1.00 bits per heavy atom. The molecule has 4 aromatic carbocycles. The molecule has 0 aromatic heterocycles. The first-order chi connectivity index (χ1) is 14.7. The summed E-state index contributed by atoms with van der Waals surface area (Å²) in [7, 11) is -4.16. The van der Waals surface area contributed by atoms with Crippen LogP contribution in [0.5, 0.6) is 17.2 Å². The quantitative estimate of drug-likeness (QED) is 0.176. The molecule has 0 aliphatic rings. The molecule has 0 amide bonds. The minimum absolute atomic E-state index is 0.330. The topological polar surface area (TPSA) is 54.0 Å². The van der Waals surface area contributed by atoms with Crippen LogP contribution in [-0.4, -0.2) is 0 Å². The van der Waals surface area contributed by atoms with Crippen LogP contribution in [0.15, 0.2) is 115 Å². The molecule has 0 radical (unpaired) electrons. The van der Waals surface area contributed by atoms with Crippen molar-refractivity contribution in [1.82, 2.24) is 0 Å². The third-order valence-electron chi connectivity index (χ3n) is 4.11. The molecule has 150 valence electrons. The van der Waals surface area contributed by atoms with Crippen LogP contribution < -0.4 is 13.9 Å². The minimum atomic E-state index is -4.16. The van der Waals surface area contributed by atoms with E-state index in [9.17, 15) is 4.57 Å². The maximum absolute atomic E-state index is 13.4. The Bertz CT molecular complexity index is 1070. The van der Waals surface area contributed by atoms with Gasteiger partial charge in [0.1, 0.15) is 11.5 Å². The van der Waals surface area contributed by atoms with Crippen LogP contribution in [0.25, 0.3) is 11.1 Å². The second kappa shape index (κ2) is 9.31. The Kier molecular flexibility index (Phi) is 6.14. The molecule has 0 aliphatic heterocycles. The molecule has 0 unspecified atom stereocenters. The van der Waals surface area contributed by atoms with Gasteiger partial charge < -0.3 is 13.9 Å². The maximum Gasteiger partial charge on any atom is 0.625 e. The second-order valence-corrected chi connectivity index (χ2v) is 7.68. The lowest BCUT2D eigenvalue weighted by molar-refractivity contribution is -0.118. The third-order valence-corrected chi connectivity index (χ3v) is 5.24. The molecule has 4 rings (SSSR count). The van der Waals surface area contributed by atoms with E-state index >= 15 is 0 Å². The van der Waals surface area contributed by atoms with Gasteiger partial charge in [-0.05, 0) is 35.9 Å². The smallest absolute Gasteiger partial charge is 0.393 e. The summed E-state index contributed by atoms with van der Waals surface area (Å²) < 4.78 is 29.8. The Morgan fingerprint density at radius 3 is 1.57 bits per heavy atom. The van der Waals surface area contributed by atoms with E-state index < -0.39 is 7.82 Å². The van der Waals surface area contributed by atoms with Gasteiger partial charge in [-0.25, -0.2) is 4.57 Å². The monoisotopic (exact) mass is 418 g/mol. The number of hydrogen-bond donors (Lipinski definition) is 0. The molecule has 0 spiro atoms. The van der Waals surface area contributed by atoms with E-state index in [1.807, 2.05) is 54.6 Å². The summed E-state index contributed by atoms with van der Waals surface area (Å²) in [5.74, 6) is 1.05. The first-order valence-corrected chi connectivity index (χ1v) is 10.8. The fourth-order valence-electron chi connectivity index (χ4n) is 2.75. The van der Waals surface area contributed by atoms with Crippen molar-refractivity contribution in [2.75, 3.05) is 0 Å². The Morgan fingerprint density at radius 1 is 0.533 bits per heavy atom. The number of benzene rings is 4. The van der Waals surface area contributed by atoms with Crippen molar-refractivity contribution in [2.45, 2.75) is 0 Å². The average molecular weight is 418 g/mol. The highest BCUT2D eigenvalue weighted by Gasteiger charge is 2.34. The number of para-hydroxylation sites is 3. The lowest BCUT2D eigenvalue weighted by Crippen LogP contribution is -2.08. The number of phosphoric acid groups is 1. The fourth-order valence-corrected chi connectivity index (χ4v) is 3.78. The molecular formula is C24H19O5P. The third kappa shape index (κ3) is 5.09. The molecule has 0 N–H and O–H groups in total. The number of hydrogen-bond acceptors (Lipinski definition) is 5. The Labute approximate surface area is 175 Å². The Hall–Kier alpha value is -3.53. The summed E-state index contributed by atoms with van der Waals surface area (Å²) in [6.07, 6.45) is 0. The highest BCUT2D eigenvalue weighted by atomic mass is 31.2. The van der Waals surface area contributed by atoms with Gasteiger partial charge in [0.25, 0.3) is 0 Å².